The van der Waals surface area contributed by atoms with Crippen LogP contribution in [0.15, 0.2) is 97.1 Å². The molecule has 0 aliphatic carbocycles. The van der Waals surface area contributed by atoms with Gasteiger partial charge in [0.25, 0.3) is 5.91 Å². The van der Waals surface area contributed by atoms with Gasteiger partial charge in [0.05, 0.1) is 28.9 Å². The first-order valence-corrected chi connectivity index (χ1v) is 12.9. The Labute approximate surface area is 232 Å². The maximum absolute atomic E-state index is 13.3. The van der Waals surface area contributed by atoms with Gasteiger partial charge in [-0.05, 0) is 74.9 Å². The number of rotatable bonds is 7. The van der Waals surface area contributed by atoms with Crippen molar-refractivity contribution in [3.05, 3.63) is 125 Å². The van der Waals surface area contributed by atoms with Crippen LogP contribution in [0.25, 0.3) is 16.6 Å². The number of carbonyl (C=O) groups is 3. The van der Waals surface area contributed by atoms with Gasteiger partial charge in [-0.1, -0.05) is 48.5 Å². The Morgan fingerprint density at radius 3 is 2.17 bits per heavy atom. The zero-order chi connectivity index (χ0) is 28.2. The summed E-state index contributed by atoms with van der Waals surface area (Å²) in [6.45, 7) is 5.70. The lowest BCUT2D eigenvalue weighted by Crippen LogP contribution is -2.17. The minimum atomic E-state index is -0.642. The second kappa shape index (κ2) is 11.3. The van der Waals surface area contributed by atoms with Crippen molar-refractivity contribution < 1.29 is 23.9 Å². The predicted octanol–water partition coefficient (Wildman–Crippen LogP) is 6.90. The van der Waals surface area contributed by atoms with Crippen molar-refractivity contribution in [1.82, 2.24) is 4.57 Å². The lowest BCUT2D eigenvalue weighted by molar-refractivity contribution is 0.0527. The van der Waals surface area contributed by atoms with E-state index >= 15 is 0 Å². The highest BCUT2D eigenvalue weighted by Crippen LogP contribution is 2.33. The van der Waals surface area contributed by atoms with Gasteiger partial charge in [0, 0.05) is 22.3 Å². The molecular weight excluding hydrogens is 504 g/mol. The molecule has 1 N–H and O–H groups in total. The second-order valence-electron chi connectivity index (χ2n) is 9.23. The molecule has 4 aromatic carbocycles. The molecule has 0 aliphatic heterocycles. The second-order valence-corrected chi connectivity index (χ2v) is 9.23. The highest BCUT2D eigenvalue weighted by molar-refractivity contribution is 6.09. The standard InChI is InChI=1S/C33H28N2O5/c1-4-39-33(38)30-22(3)35(23-13-6-5-7-14-23)29-19-18-24(20-27(29)30)40-32(37)26-16-10-11-17-28(26)34-31(36)25-15-9-8-12-21(25)2/h5-20H,4H2,1-3H3,(H,34,36). The van der Waals surface area contributed by atoms with Crippen LogP contribution in [-0.2, 0) is 4.74 Å². The zero-order valence-electron chi connectivity index (χ0n) is 22.4. The van der Waals surface area contributed by atoms with E-state index in [0.29, 0.717) is 27.9 Å². The Balaban J connectivity index is 1.49. The minimum absolute atomic E-state index is 0.202. The van der Waals surface area contributed by atoms with Crippen LogP contribution in [0.5, 0.6) is 5.75 Å². The molecular formula is C33H28N2O5. The number of para-hydroxylation sites is 2. The highest BCUT2D eigenvalue weighted by Gasteiger charge is 2.23. The van der Waals surface area contributed by atoms with Crippen molar-refractivity contribution in [3.63, 3.8) is 0 Å². The van der Waals surface area contributed by atoms with E-state index in [-0.39, 0.29) is 23.8 Å². The van der Waals surface area contributed by atoms with Gasteiger partial charge in [0.2, 0.25) is 0 Å². The number of nitrogens with one attached hydrogen (secondary N) is 1. The summed E-state index contributed by atoms with van der Waals surface area (Å²) in [5, 5.41) is 3.43. The van der Waals surface area contributed by atoms with Gasteiger partial charge in [-0.3, -0.25) is 4.79 Å². The van der Waals surface area contributed by atoms with Gasteiger partial charge in [-0.15, -0.1) is 0 Å². The highest BCUT2D eigenvalue weighted by atomic mass is 16.5. The first-order chi connectivity index (χ1) is 19.4. The molecule has 5 rings (SSSR count). The molecule has 0 radical (unpaired) electrons. The fraction of sp³-hybridized carbons (Fsp3) is 0.121. The van der Waals surface area contributed by atoms with E-state index in [2.05, 4.69) is 5.32 Å². The van der Waals surface area contributed by atoms with Gasteiger partial charge in [0.15, 0.2) is 0 Å². The van der Waals surface area contributed by atoms with E-state index in [1.165, 1.54) is 0 Å². The number of hydrogen-bond acceptors (Lipinski definition) is 5. The largest absolute Gasteiger partial charge is 0.462 e. The normalized spacial score (nSPS) is 10.8. The maximum Gasteiger partial charge on any atom is 0.345 e. The van der Waals surface area contributed by atoms with Crippen LogP contribution in [0, 0.1) is 13.8 Å². The summed E-state index contributed by atoms with van der Waals surface area (Å²) in [4.78, 5) is 39.2. The van der Waals surface area contributed by atoms with E-state index in [4.69, 9.17) is 9.47 Å². The van der Waals surface area contributed by atoms with Gasteiger partial charge in [-0.2, -0.15) is 0 Å². The van der Waals surface area contributed by atoms with Crippen LogP contribution in [0.2, 0.25) is 0 Å². The fourth-order valence-electron chi connectivity index (χ4n) is 4.78. The van der Waals surface area contributed by atoms with E-state index in [1.54, 1.807) is 55.5 Å². The lowest BCUT2D eigenvalue weighted by atomic mass is 10.1. The molecule has 1 heterocycles. The Bertz CT molecular complexity index is 1740. The van der Waals surface area contributed by atoms with Crippen LogP contribution >= 0.6 is 0 Å². The third kappa shape index (κ3) is 5.09. The third-order valence-electron chi connectivity index (χ3n) is 6.66. The molecule has 200 valence electrons. The quantitative estimate of drug-likeness (QED) is 0.182. The third-order valence-corrected chi connectivity index (χ3v) is 6.66. The molecule has 0 saturated heterocycles. The minimum Gasteiger partial charge on any atom is -0.462 e. The summed E-state index contributed by atoms with van der Waals surface area (Å²) >= 11 is 0. The van der Waals surface area contributed by atoms with Crippen molar-refractivity contribution >= 4 is 34.4 Å². The van der Waals surface area contributed by atoms with E-state index in [9.17, 15) is 14.4 Å². The summed E-state index contributed by atoms with van der Waals surface area (Å²) in [7, 11) is 0. The molecule has 0 aliphatic rings. The van der Waals surface area contributed by atoms with Crippen LogP contribution in [0.3, 0.4) is 0 Å². The van der Waals surface area contributed by atoms with Crippen molar-refractivity contribution in [2.75, 3.05) is 11.9 Å². The molecule has 1 aromatic heterocycles. The van der Waals surface area contributed by atoms with Gasteiger partial charge >= 0.3 is 11.9 Å². The number of esters is 2. The average molecular weight is 533 g/mol. The number of carbonyl (C=O) groups excluding carboxylic acids is 3. The number of nitrogens with zero attached hydrogens (tertiary/aromatic N) is 1. The molecule has 0 atom stereocenters. The number of benzene rings is 4. The van der Waals surface area contributed by atoms with Crippen molar-refractivity contribution in [3.8, 4) is 11.4 Å². The number of hydrogen-bond donors (Lipinski definition) is 1. The number of aromatic nitrogens is 1. The summed E-state index contributed by atoms with van der Waals surface area (Å²) < 4.78 is 13.1. The van der Waals surface area contributed by atoms with E-state index in [1.807, 2.05) is 66.9 Å². The predicted molar refractivity (Wildman–Crippen MR) is 155 cm³/mol. The van der Waals surface area contributed by atoms with Crippen molar-refractivity contribution in [2.45, 2.75) is 20.8 Å². The molecule has 0 spiro atoms. The number of ether oxygens (including phenoxy) is 2. The van der Waals surface area contributed by atoms with Gasteiger partial charge in [-0.25, -0.2) is 9.59 Å². The van der Waals surface area contributed by atoms with E-state index in [0.717, 1.165) is 16.8 Å². The number of aryl methyl sites for hydroxylation is 1. The smallest absolute Gasteiger partial charge is 0.345 e. The van der Waals surface area contributed by atoms with Crippen molar-refractivity contribution in [2.24, 2.45) is 0 Å². The molecule has 0 fully saturated rings. The fourth-order valence-corrected chi connectivity index (χ4v) is 4.78. The first-order valence-electron chi connectivity index (χ1n) is 12.9. The van der Waals surface area contributed by atoms with Crippen LogP contribution < -0.4 is 10.1 Å². The molecule has 0 bridgehead atoms. The van der Waals surface area contributed by atoms with Gasteiger partial charge in [0.1, 0.15) is 5.75 Å². The molecule has 7 heteroatoms. The topological polar surface area (TPSA) is 86.6 Å². The van der Waals surface area contributed by atoms with Crippen LogP contribution in [0.4, 0.5) is 5.69 Å². The summed E-state index contributed by atoms with van der Waals surface area (Å²) in [6, 6.07) is 28.8. The number of anilines is 1. The maximum atomic E-state index is 13.3. The monoisotopic (exact) mass is 532 g/mol. The molecule has 0 unspecified atom stereocenters. The Morgan fingerprint density at radius 1 is 0.775 bits per heavy atom. The molecule has 40 heavy (non-hydrogen) atoms. The summed E-state index contributed by atoms with van der Waals surface area (Å²) in [6.07, 6.45) is 0. The summed E-state index contributed by atoms with van der Waals surface area (Å²) in [5.41, 5.74) is 4.66. The Kier molecular flexibility index (Phi) is 7.46. The summed E-state index contributed by atoms with van der Waals surface area (Å²) in [5.74, 6) is -1.16. The average Bonchev–Trinajstić information content (AvgIpc) is 3.25. The molecule has 1 amide bonds. The number of fused-ring (bicyclic) bond motifs is 1. The lowest BCUT2D eigenvalue weighted by Gasteiger charge is -2.12. The Hall–Kier alpha value is -5.17. The van der Waals surface area contributed by atoms with Crippen LogP contribution in [0.1, 0.15) is 49.3 Å². The van der Waals surface area contributed by atoms with E-state index < -0.39 is 11.9 Å². The number of amides is 1. The van der Waals surface area contributed by atoms with Crippen LogP contribution in [-0.4, -0.2) is 29.0 Å². The Morgan fingerprint density at radius 2 is 1.45 bits per heavy atom. The molecule has 7 nitrogen and oxygen atoms in total. The molecule has 5 aromatic rings. The SMILES string of the molecule is CCOC(=O)c1c(C)n(-c2ccccc2)c2ccc(OC(=O)c3ccccc3NC(=O)c3ccccc3C)cc12. The van der Waals surface area contributed by atoms with Crippen molar-refractivity contribution in [1.29, 1.82) is 0 Å². The molecule has 0 saturated carbocycles. The zero-order valence-corrected chi connectivity index (χ0v) is 22.4. The van der Waals surface area contributed by atoms with Gasteiger partial charge < -0.3 is 19.4 Å². The first kappa shape index (κ1) is 26.4.